The Hall–Kier alpha value is -1.55. The highest BCUT2D eigenvalue weighted by Gasteiger charge is 2.20. The molecule has 1 saturated heterocycles. The summed E-state index contributed by atoms with van der Waals surface area (Å²) in [5.41, 5.74) is 1.69. The van der Waals surface area contributed by atoms with Gasteiger partial charge in [-0.25, -0.2) is 0 Å². The summed E-state index contributed by atoms with van der Waals surface area (Å²) in [5.74, 6) is 0.725. The Morgan fingerprint density at radius 3 is 2.84 bits per heavy atom. The largest absolute Gasteiger partial charge is 0.496 e. The number of aryl methyl sites for hydroxylation is 1. The molecule has 1 aliphatic heterocycles. The number of carbonyl (C=O) groups is 1. The fourth-order valence-corrected chi connectivity index (χ4v) is 2.35. The van der Waals surface area contributed by atoms with Crippen molar-refractivity contribution in [3.05, 3.63) is 29.3 Å². The topological polar surface area (TPSA) is 50.4 Å². The second kappa shape index (κ2) is 6.06. The number of nitrogens with one attached hydrogen (secondary N) is 2. The van der Waals surface area contributed by atoms with Gasteiger partial charge in [0.25, 0.3) is 5.91 Å². The lowest BCUT2D eigenvalue weighted by Gasteiger charge is -2.28. The number of hydrogen-bond donors (Lipinski definition) is 2. The minimum Gasteiger partial charge on any atom is -0.496 e. The molecule has 4 heteroatoms. The van der Waals surface area contributed by atoms with Crippen molar-refractivity contribution in [2.45, 2.75) is 38.8 Å². The quantitative estimate of drug-likeness (QED) is 0.874. The molecule has 0 spiro atoms. The van der Waals surface area contributed by atoms with Crippen LogP contribution in [0.5, 0.6) is 5.75 Å². The van der Waals surface area contributed by atoms with E-state index in [1.54, 1.807) is 13.2 Å². The average molecular weight is 262 g/mol. The van der Waals surface area contributed by atoms with Gasteiger partial charge in [0.05, 0.1) is 7.11 Å². The third kappa shape index (κ3) is 3.47. The molecule has 0 saturated carbocycles. The maximum atomic E-state index is 12.2. The van der Waals surface area contributed by atoms with E-state index in [0.717, 1.165) is 30.7 Å². The fourth-order valence-electron chi connectivity index (χ4n) is 2.35. The molecule has 1 aliphatic rings. The lowest BCUT2D eigenvalue weighted by atomic mass is 10.0. The molecule has 1 aromatic carbocycles. The molecule has 0 aliphatic carbocycles. The third-order valence-electron chi connectivity index (χ3n) is 3.67. The van der Waals surface area contributed by atoms with Gasteiger partial charge in [0.15, 0.2) is 0 Å². The number of carbonyl (C=O) groups excluding carboxylic acids is 1. The average Bonchev–Trinajstić information content (AvgIpc) is 2.42. The predicted molar refractivity (Wildman–Crippen MR) is 75.7 cm³/mol. The van der Waals surface area contributed by atoms with Gasteiger partial charge >= 0.3 is 0 Å². The lowest BCUT2D eigenvalue weighted by molar-refractivity contribution is 0.0927. The maximum absolute atomic E-state index is 12.2. The molecule has 1 amide bonds. The molecule has 2 N–H and O–H groups in total. The second-order valence-electron chi connectivity index (χ2n) is 5.24. The summed E-state index contributed by atoms with van der Waals surface area (Å²) >= 11 is 0. The van der Waals surface area contributed by atoms with Crippen molar-refractivity contribution in [1.82, 2.24) is 10.6 Å². The maximum Gasteiger partial charge on any atom is 0.251 e. The minimum atomic E-state index is -0.0281. The van der Waals surface area contributed by atoms with Crippen LogP contribution < -0.4 is 15.4 Å². The van der Waals surface area contributed by atoms with E-state index in [1.165, 1.54) is 0 Å². The van der Waals surface area contributed by atoms with Gasteiger partial charge in [-0.05, 0) is 44.4 Å². The molecule has 1 heterocycles. The number of rotatable bonds is 3. The van der Waals surface area contributed by atoms with Crippen molar-refractivity contribution >= 4 is 5.91 Å². The number of methoxy groups -OCH3 is 1. The van der Waals surface area contributed by atoms with Crippen LogP contribution in [0.2, 0.25) is 0 Å². The molecular weight excluding hydrogens is 240 g/mol. The van der Waals surface area contributed by atoms with Crippen molar-refractivity contribution in [2.75, 3.05) is 13.7 Å². The van der Waals surface area contributed by atoms with E-state index in [4.69, 9.17) is 4.74 Å². The summed E-state index contributed by atoms with van der Waals surface area (Å²) in [6.07, 6.45) is 2.13. The monoisotopic (exact) mass is 262 g/mol. The predicted octanol–water partition coefficient (Wildman–Crippen LogP) is 1.87. The Bertz CT molecular complexity index is 451. The van der Waals surface area contributed by atoms with Crippen LogP contribution >= 0.6 is 0 Å². The zero-order valence-corrected chi connectivity index (χ0v) is 11.8. The minimum absolute atomic E-state index is 0.0281. The smallest absolute Gasteiger partial charge is 0.251 e. The highest BCUT2D eigenvalue weighted by Crippen LogP contribution is 2.19. The van der Waals surface area contributed by atoms with Gasteiger partial charge < -0.3 is 15.4 Å². The van der Waals surface area contributed by atoms with Crippen LogP contribution in [0, 0.1) is 6.92 Å². The zero-order chi connectivity index (χ0) is 13.8. The van der Waals surface area contributed by atoms with E-state index >= 15 is 0 Å². The van der Waals surface area contributed by atoms with E-state index in [0.29, 0.717) is 11.6 Å². The molecule has 0 radical (unpaired) electrons. The summed E-state index contributed by atoms with van der Waals surface area (Å²) in [4.78, 5) is 12.2. The van der Waals surface area contributed by atoms with Crippen molar-refractivity contribution in [3.8, 4) is 5.75 Å². The molecule has 2 atom stereocenters. The Morgan fingerprint density at radius 2 is 2.21 bits per heavy atom. The third-order valence-corrected chi connectivity index (χ3v) is 3.67. The van der Waals surface area contributed by atoms with Crippen molar-refractivity contribution in [1.29, 1.82) is 0 Å². The van der Waals surface area contributed by atoms with Crippen LogP contribution in [0.4, 0.5) is 0 Å². The summed E-state index contributed by atoms with van der Waals surface area (Å²) in [6, 6.07) is 6.31. The molecule has 0 aromatic heterocycles. The van der Waals surface area contributed by atoms with Gasteiger partial charge in [-0.2, -0.15) is 0 Å². The summed E-state index contributed by atoms with van der Waals surface area (Å²) in [5, 5.41) is 6.45. The number of piperidine rings is 1. The van der Waals surface area contributed by atoms with Crippen LogP contribution in [0.15, 0.2) is 18.2 Å². The Kier molecular flexibility index (Phi) is 4.43. The van der Waals surface area contributed by atoms with E-state index in [-0.39, 0.29) is 11.9 Å². The number of hydrogen-bond acceptors (Lipinski definition) is 3. The normalized spacial score (nSPS) is 22.9. The Morgan fingerprint density at radius 1 is 1.42 bits per heavy atom. The van der Waals surface area contributed by atoms with E-state index in [1.807, 2.05) is 19.1 Å². The Labute approximate surface area is 114 Å². The van der Waals surface area contributed by atoms with Crippen LogP contribution in [-0.4, -0.2) is 31.6 Å². The fraction of sp³-hybridized carbons (Fsp3) is 0.533. The summed E-state index contributed by atoms with van der Waals surface area (Å²) in [6.45, 7) is 4.98. The molecular formula is C15H22N2O2. The first-order chi connectivity index (χ1) is 9.10. The number of ether oxygens (including phenoxy) is 1. The first kappa shape index (κ1) is 13.9. The van der Waals surface area contributed by atoms with E-state index in [2.05, 4.69) is 17.6 Å². The lowest BCUT2D eigenvalue weighted by Crippen LogP contribution is -2.48. The first-order valence-electron chi connectivity index (χ1n) is 6.79. The first-order valence-corrected chi connectivity index (χ1v) is 6.79. The zero-order valence-electron chi connectivity index (χ0n) is 11.8. The van der Waals surface area contributed by atoms with Gasteiger partial charge in [0.1, 0.15) is 5.75 Å². The van der Waals surface area contributed by atoms with Gasteiger partial charge in [-0.1, -0.05) is 6.07 Å². The highest BCUT2D eigenvalue weighted by molar-refractivity contribution is 5.94. The van der Waals surface area contributed by atoms with Gasteiger partial charge in [-0.3, -0.25) is 4.79 Å². The van der Waals surface area contributed by atoms with E-state index < -0.39 is 0 Å². The van der Waals surface area contributed by atoms with E-state index in [9.17, 15) is 4.79 Å². The van der Waals surface area contributed by atoms with Crippen LogP contribution in [0.1, 0.15) is 35.7 Å². The van der Waals surface area contributed by atoms with Gasteiger partial charge in [0, 0.05) is 24.2 Å². The molecule has 19 heavy (non-hydrogen) atoms. The van der Waals surface area contributed by atoms with Crippen LogP contribution in [-0.2, 0) is 0 Å². The second-order valence-corrected chi connectivity index (χ2v) is 5.24. The van der Waals surface area contributed by atoms with Crippen molar-refractivity contribution < 1.29 is 9.53 Å². The van der Waals surface area contributed by atoms with Crippen molar-refractivity contribution in [2.24, 2.45) is 0 Å². The molecule has 1 fully saturated rings. The number of amides is 1. The molecule has 104 valence electrons. The molecule has 2 rings (SSSR count). The van der Waals surface area contributed by atoms with Gasteiger partial charge in [-0.15, -0.1) is 0 Å². The number of benzene rings is 1. The molecule has 4 nitrogen and oxygen atoms in total. The van der Waals surface area contributed by atoms with Crippen LogP contribution in [0.3, 0.4) is 0 Å². The molecule has 0 bridgehead atoms. The molecule has 1 aromatic rings. The van der Waals surface area contributed by atoms with Gasteiger partial charge in [0.2, 0.25) is 0 Å². The highest BCUT2D eigenvalue weighted by atomic mass is 16.5. The standard InChI is InChI=1S/C15H22N2O2/c1-10-4-6-12(8-14(10)19-3)15(18)17-13-7-5-11(2)16-9-13/h4,6,8,11,13,16H,5,7,9H2,1-3H3,(H,17,18). The van der Waals surface area contributed by atoms with Crippen LogP contribution in [0.25, 0.3) is 0 Å². The Balaban J connectivity index is 2.00. The SMILES string of the molecule is COc1cc(C(=O)NC2CCC(C)NC2)ccc1C. The molecule has 2 unspecified atom stereocenters. The summed E-state index contributed by atoms with van der Waals surface area (Å²) in [7, 11) is 1.62. The summed E-state index contributed by atoms with van der Waals surface area (Å²) < 4.78 is 5.25. The van der Waals surface area contributed by atoms with Crippen molar-refractivity contribution in [3.63, 3.8) is 0 Å².